The molecule has 1 rings (SSSR count). The van der Waals surface area contributed by atoms with Crippen molar-refractivity contribution in [1.29, 1.82) is 0 Å². The summed E-state index contributed by atoms with van der Waals surface area (Å²) in [6.07, 6.45) is 0. The molecule has 0 bridgehead atoms. The van der Waals surface area contributed by atoms with Crippen LogP contribution in [-0.2, 0) is 0 Å². The van der Waals surface area contributed by atoms with Crippen LogP contribution in [0.15, 0.2) is 0 Å². The smallest absolute Gasteiger partial charge is 0.0512 e. The lowest BCUT2D eigenvalue weighted by molar-refractivity contribution is 0.213. The first-order valence-corrected chi connectivity index (χ1v) is 4.57. The molecular weight excluding hydrogens is 136 g/mol. The Morgan fingerprint density at radius 1 is 1.27 bits per heavy atom. The van der Waals surface area contributed by atoms with E-state index in [-0.39, 0.29) is 0 Å². The molecule has 1 saturated heterocycles. The molecule has 0 radical (unpaired) electrons. The fourth-order valence-electron chi connectivity index (χ4n) is 1.34. The third-order valence-electron chi connectivity index (χ3n) is 2.60. The Kier molecular flexibility index (Phi) is 2.55. The molecule has 0 aromatic carbocycles. The lowest BCUT2D eigenvalue weighted by Crippen LogP contribution is -2.30. The van der Waals surface area contributed by atoms with Crippen molar-refractivity contribution in [2.45, 2.75) is 33.2 Å². The second-order valence-electron chi connectivity index (χ2n) is 3.96. The average Bonchev–Trinajstić information content (AvgIpc) is 2.54. The molecule has 1 heterocycles. The highest BCUT2D eigenvalue weighted by Crippen LogP contribution is 2.30. The predicted octanol–water partition coefficient (Wildman–Crippen LogP) is 1.38. The Labute approximate surface area is 70.2 Å². The molecule has 0 saturated carbocycles. The van der Waals surface area contributed by atoms with Gasteiger partial charge in [-0.2, -0.15) is 0 Å². The van der Waals surface area contributed by atoms with E-state index in [4.69, 9.17) is 0 Å². The van der Waals surface area contributed by atoms with Gasteiger partial charge in [-0.3, -0.25) is 9.80 Å². The van der Waals surface area contributed by atoms with Crippen molar-refractivity contribution in [3.8, 4) is 0 Å². The van der Waals surface area contributed by atoms with Crippen molar-refractivity contribution < 1.29 is 0 Å². The van der Waals surface area contributed by atoms with Crippen molar-refractivity contribution in [1.82, 2.24) is 9.80 Å². The standard InChI is InChI=1S/C9H20N2/c1-5-10(6-2)8-11-7-9(11,3)4/h5-8H2,1-4H3. The molecule has 1 aliphatic heterocycles. The fourth-order valence-corrected chi connectivity index (χ4v) is 1.34. The molecule has 1 unspecified atom stereocenters. The van der Waals surface area contributed by atoms with Gasteiger partial charge in [0.15, 0.2) is 0 Å². The Bertz CT molecular complexity index is 128. The lowest BCUT2D eigenvalue weighted by Gasteiger charge is -2.19. The molecule has 0 amide bonds. The summed E-state index contributed by atoms with van der Waals surface area (Å²) in [6, 6.07) is 0. The summed E-state index contributed by atoms with van der Waals surface area (Å²) in [5.74, 6) is 0. The van der Waals surface area contributed by atoms with E-state index in [1.54, 1.807) is 0 Å². The first-order valence-electron chi connectivity index (χ1n) is 4.57. The summed E-state index contributed by atoms with van der Waals surface area (Å²) in [4.78, 5) is 4.95. The summed E-state index contributed by atoms with van der Waals surface area (Å²) >= 11 is 0. The van der Waals surface area contributed by atoms with Crippen LogP contribution in [0.3, 0.4) is 0 Å². The normalized spacial score (nSPS) is 27.5. The van der Waals surface area contributed by atoms with Crippen molar-refractivity contribution in [2.75, 3.05) is 26.3 Å². The molecule has 0 aliphatic carbocycles. The van der Waals surface area contributed by atoms with Crippen LogP contribution in [0.25, 0.3) is 0 Å². The van der Waals surface area contributed by atoms with E-state index in [9.17, 15) is 0 Å². The lowest BCUT2D eigenvalue weighted by atomic mass is 10.2. The van der Waals surface area contributed by atoms with Crippen LogP contribution in [-0.4, -0.2) is 41.6 Å². The molecule has 66 valence electrons. The molecule has 0 aromatic rings. The monoisotopic (exact) mass is 156 g/mol. The first-order chi connectivity index (χ1) is 5.10. The van der Waals surface area contributed by atoms with Gasteiger partial charge >= 0.3 is 0 Å². The second kappa shape index (κ2) is 3.11. The van der Waals surface area contributed by atoms with Gasteiger partial charge in [0, 0.05) is 12.1 Å². The van der Waals surface area contributed by atoms with Crippen molar-refractivity contribution in [2.24, 2.45) is 0 Å². The minimum absolute atomic E-state index is 0.489. The van der Waals surface area contributed by atoms with Gasteiger partial charge in [-0.25, -0.2) is 0 Å². The van der Waals surface area contributed by atoms with Gasteiger partial charge in [0.05, 0.1) is 6.67 Å². The van der Waals surface area contributed by atoms with Gasteiger partial charge in [0.25, 0.3) is 0 Å². The second-order valence-corrected chi connectivity index (χ2v) is 3.96. The van der Waals surface area contributed by atoms with Crippen molar-refractivity contribution in [3.63, 3.8) is 0 Å². The summed E-state index contributed by atoms with van der Waals surface area (Å²) in [5.41, 5.74) is 0.489. The van der Waals surface area contributed by atoms with Gasteiger partial charge in [-0.05, 0) is 26.9 Å². The van der Waals surface area contributed by atoms with Gasteiger partial charge in [0.1, 0.15) is 0 Å². The maximum atomic E-state index is 2.50. The molecule has 0 N–H and O–H groups in total. The molecule has 2 heteroatoms. The van der Waals surface area contributed by atoms with E-state index in [0.29, 0.717) is 5.54 Å². The summed E-state index contributed by atoms with van der Waals surface area (Å²) < 4.78 is 0. The quantitative estimate of drug-likeness (QED) is 0.567. The molecule has 0 aromatic heterocycles. The van der Waals surface area contributed by atoms with Crippen LogP contribution in [0, 0.1) is 0 Å². The molecule has 1 atom stereocenters. The zero-order valence-corrected chi connectivity index (χ0v) is 8.22. The van der Waals surface area contributed by atoms with Crippen LogP contribution < -0.4 is 0 Å². The summed E-state index contributed by atoms with van der Waals surface area (Å²) in [7, 11) is 0. The molecule has 2 nitrogen and oxygen atoms in total. The molecular formula is C9H20N2. The van der Waals surface area contributed by atoms with Crippen molar-refractivity contribution in [3.05, 3.63) is 0 Å². The van der Waals surface area contributed by atoms with E-state index >= 15 is 0 Å². The summed E-state index contributed by atoms with van der Waals surface area (Å²) in [5, 5.41) is 0. The van der Waals surface area contributed by atoms with Crippen LogP contribution in [0.2, 0.25) is 0 Å². The van der Waals surface area contributed by atoms with Gasteiger partial charge in [-0.1, -0.05) is 13.8 Å². The van der Waals surface area contributed by atoms with E-state index < -0.39 is 0 Å². The largest absolute Gasteiger partial charge is 0.291 e. The molecule has 1 aliphatic rings. The Hall–Kier alpha value is -0.0800. The highest BCUT2D eigenvalue weighted by molar-refractivity contribution is 4.98. The number of rotatable bonds is 4. The zero-order valence-electron chi connectivity index (χ0n) is 8.22. The minimum Gasteiger partial charge on any atom is -0.291 e. The average molecular weight is 156 g/mol. The zero-order chi connectivity index (χ0) is 8.48. The topological polar surface area (TPSA) is 6.25 Å². The third kappa shape index (κ3) is 2.17. The number of hydrogen-bond acceptors (Lipinski definition) is 2. The number of hydrogen-bond donors (Lipinski definition) is 0. The van der Waals surface area contributed by atoms with Crippen LogP contribution >= 0.6 is 0 Å². The molecule has 0 spiro atoms. The van der Waals surface area contributed by atoms with Crippen LogP contribution in [0.1, 0.15) is 27.7 Å². The van der Waals surface area contributed by atoms with Gasteiger partial charge in [-0.15, -0.1) is 0 Å². The Morgan fingerprint density at radius 2 is 1.73 bits per heavy atom. The molecule has 1 fully saturated rings. The van der Waals surface area contributed by atoms with E-state index in [2.05, 4.69) is 37.5 Å². The Balaban J connectivity index is 2.21. The fraction of sp³-hybridized carbons (Fsp3) is 1.00. The van der Waals surface area contributed by atoms with Gasteiger partial charge < -0.3 is 0 Å². The SMILES string of the molecule is CCN(CC)CN1CC1(C)C. The van der Waals surface area contributed by atoms with Crippen molar-refractivity contribution >= 4 is 0 Å². The molecule has 11 heavy (non-hydrogen) atoms. The van der Waals surface area contributed by atoms with E-state index in [1.165, 1.54) is 19.6 Å². The maximum Gasteiger partial charge on any atom is 0.0512 e. The first kappa shape index (κ1) is 9.01. The highest BCUT2D eigenvalue weighted by Gasteiger charge is 2.42. The third-order valence-corrected chi connectivity index (χ3v) is 2.60. The Morgan fingerprint density at radius 3 is 2.00 bits per heavy atom. The van der Waals surface area contributed by atoms with E-state index in [0.717, 1.165) is 6.67 Å². The minimum atomic E-state index is 0.489. The van der Waals surface area contributed by atoms with Crippen LogP contribution in [0.4, 0.5) is 0 Å². The van der Waals surface area contributed by atoms with Crippen LogP contribution in [0.5, 0.6) is 0 Å². The summed E-state index contributed by atoms with van der Waals surface area (Å²) in [6.45, 7) is 13.8. The maximum absolute atomic E-state index is 2.50. The van der Waals surface area contributed by atoms with E-state index in [1.807, 2.05) is 0 Å². The number of nitrogens with zero attached hydrogens (tertiary/aromatic N) is 2. The highest BCUT2D eigenvalue weighted by atomic mass is 15.4. The predicted molar refractivity (Wildman–Crippen MR) is 48.6 cm³/mol. The van der Waals surface area contributed by atoms with Gasteiger partial charge in [0.2, 0.25) is 0 Å².